The summed E-state index contributed by atoms with van der Waals surface area (Å²) in [6.45, 7) is 12.4. The van der Waals surface area contributed by atoms with E-state index in [4.69, 9.17) is 0 Å². The fourth-order valence-electron chi connectivity index (χ4n) is 9.34. The van der Waals surface area contributed by atoms with Gasteiger partial charge in [-0.2, -0.15) is 0 Å². The average Bonchev–Trinajstić information content (AvgIpc) is 3.02. The molecule has 0 aliphatic heterocycles. The third-order valence-electron chi connectivity index (χ3n) is 10.9. The van der Waals surface area contributed by atoms with E-state index in [1.165, 1.54) is 51.4 Å². The van der Waals surface area contributed by atoms with E-state index in [-0.39, 0.29) is 5.41 Å². The highest BCUT2D eigenvalue weighted by Crippen LogP contribution is 2.68. The molecule has 0 bridgehead atoms. The van der Waals surface area contributed by atoms with Crippen LogP contribution in [0.1, 0.15) is 105 Å². The molecular weight excluding hydrogens is 356 g/mol. The lowest BCUT2D eigenvalue weighted by atomic mass is 9.44. The molecule has 29 heavy (non-hydrogen) atoms. The van der Waals surface area contributed by atoms with Crippen molar-refractivity contribution in [1.29, 1.82) is 0 Å². The number of aliphatic hydroxyl groups is 2. The minimum Gasteiger partial charge on any atom is -0.390 e. The summed E-state index contributed by atoms with van der Waals surface area (Å²) in [5.74, 6) is 5.50. The van der Waals surface area contributed by atoms with Crippen LogP contribution in [0.5, 0.6) is 0 Å². The van der Waals surface area contributed by atoms with Crippen LogP contribution in [0.15, 0.2) is 0 Å². The van der Waals surface area contributed by atoms with Crippen molar-refractivity contribution in [2.75, 3.05) is 0 Å². The molecule has 0 heterocycles. The lowest BCUT2D eigenvalue weighted by molar-refractivity contribution is -0.174. The molecule has 10 atom stereocenters. The van der Waals surface area contributed by atoms with Gasteiger partial charge in [-0.25, -0.2) is 0 Å². The summed E-state index contributed by atoms with van der Waals surface area (Å²) in [6.07, 6.45) is 13.3. The standard InChI is InChI=1S/C27H48O2/c1-17(2)7-6-8-18(3)20-11-12-21-19-9-10-23-25(29)24(28)14-16-27(23,5)22(19)13-15-26(20,21)4/h17-25,28-29H,6-16H2,1-5H3/t18-,19+,20-,21+,22+,23-,24-,25-,26+,27+/m0/s1. The van der Waals surface area contributed by atoms with Crippen LogP contribution in [0.4, 0.5) is 0 Å². The molecule has 2 nitrogen and oxygen atoms in total. The van der Waals surface area contributed by atoms with E-state index < -0.39 is 12.2 Å². The summed E-state index contributed by atoms with van der Waals surface area (Å²) in [5, 5.41) is 21.0. The topological polar surface area (TPSA) is 40.5 Å². The maximum atomic E-state index is 10.8. The molecule has 2 N–H and O–H groups in total. The molecule has 4 saturated carbocycles. The minimum atomic E-state index is -0.486. The summed E-state index contributed by atoms with van der Waals surface area (Å²) in [5.41, 5.74) is 0.804. The molecule has 4 aliphatic rings. The molecule has 0 amide bonds. The Balaban J connectivity index is 1.48. The number of aliphatic hydroxyl groups excluding tert-OH is 2. The van der Waals surface area contributed by atoms with Crippen LogP contribution in [0.25, 0.3) is 0 Å². The number of rotatable bonds is 5. The van der Waals surface area contributed by atoms with Gasteiger partial charge in [0, 0.05) is 0 Å². The van der Waals surface area contributed by atoms with Gasteiger partial charge in [-0.1, -0.05) is 53.9 Å². The largest absolute Gasteiger partial charge is 0.390 e. The van der Waals surface area contributed by atoms with Gasteiger partial charge >= 0.3 is 0 Å². The van der Waals surface area contributed by atoms with Gasteiger partial charge in [0.1, 0.15) is 0 Å². The van der Waals surface area contributed by atoms with E-state index in [0.717, 1.165) is 54.8 Å². The lowest BCUT2D eigenvalue weighted by Gasteiger charge is -2.62. The zero-order chi connectivity index (χ0) is 21.0. The maximum Gasteiger partial charge on any atom is 0.0832 e. The third-order valence-corrected chi connectivity index (χ3v) is 10.9. The van der Waals surface area contributed by atoms with Crippen molar-refractivity contribution in [2.24, 2.45) is 52.3 Å². The van der Waals surface area contributed by atoms with E-state index in [1.54, 1.807) is 0 Å². The molecule has 168 valence electrons. The molecule has 0 spiro atoms. The van der Waals surface area contributed by atoms with Gasteiger partial charge in [-0.3, -0.25) is 0 Å². The lowest BCUT2D eigenvalue weighted by Crippen LogP contribution is -2.58. The highest BCUT2D eigenvalue weighted by Gasteiger charge is 2.61. The SMILES string of the molecule is CC(C)CCC[C@H](C)[C@@H]1CC[C@@H]2[C@H]3CC[C@H]4[C@H](O)[C@@H](O)CC[C@]4(C)[C@@H]3CC[C@@]21C. The van der Waals surface area contributed by atoms with Crippen molar-refractivity contribution in [2.45, 2.75) is 117 Å². The Hall–Kier alpha value is -0.0800. The van der Waals surface area contributed by atoms with Crippen molar-refractivity contribution < 1.29 is 10.2 Å². The van der Waals surface area contributed by atoms with Crippen LogP contribution in [0.2, 0.25) is 0 Å². The Bertz CT molecular complexity index is 573. The van der Waals surface area contributed by atoms with Crippen LogP contribution in [0, 0.1) is 52.3 Å². The predicted molar refractivity (Wildman–Crippen MR) is 120 cm³/mol. The van der Waals surface area contributed by atoms with Crippen molar-refractivity contribution >= 4 is 0 Å². The highest BCUT2D eigenvalue weighted by atomic mass is 16.3. The summed E-state index contributed by atoms with van der Waals surface area (Å²) in [4.78, 5) is 0. The van der Waals surface area contributed by atoms with Crippen molar-refractivity contribution in [1.82, 2.24) is 0 Å². The van der Waals surface area contributed by atoms with Crippen LogP contribution in [0.3, 0.4) is 0 Å². The fourth-order valence-corrected chi connectivity index (χ4v) is 9.34. The molecule has 0 aromatic heterocycles. The molecule has 0 saturated heterocycles. The molecule has 0 radical (unpaired) electrons. The monoisotopic (exact) mass is 404 g/mol. The van der Waals surface area contributed by atoms with Gasteiger partial charge in [0.05, 0.1) is 12.2 Å². The molecule has 2 heteroatoms. The second kappa shape index (κ2) is 8.12. The van der Waals surface area contributed by atoms with Gasteiger partial charge in [0.2, 0.25) is 0 Å². The van der Waals surface area contributed by atoms with E-state index in [2.05, 4.69) is 34.6 Å². The smallest absolute Gasteiger partial charge is 0.0832 e. The number of fused-ring (bicyclic) bond motifs is 5. The summed E-state index contributed by atoms with van der Waals surface area (Å²) >= 11 is 0. The van der Waals surface area contributed by atoms with E-state index in [0.29, 0.717) is 11.3 Å². The minimum absolute atomic E-state index is 0.254. The van der Waals surface area contributed by atoms with Gasteiger partial charge in [0.25, 0.3) is 0 Å². The van der Waals surface area contributed by atoms with Gasteiger partial charge in [-0.15, -0.1) is 0 Å². The van der Waals surface area contributed by atoms with Crippen molar-refractivity contribution in [3.05, 3.63) is 0 Å². The first-order valence-corrected chi connectivity index (χ1v) is 13.0. The molecule has 4 rings (SSSR count). The van der Waals surface area contributed by atoms with Crippen LogP contribution in [-0.2, 0) is 0 Å². The summed E-state index contributed by atoms with van der Waals surface area (Å²) < 4.78 is 0. The Morgan fingerprint density at radius 3 is 2.14 bits per heavy atom. The molecule has 0 unspecified atom stereocenters. The molecule has 4 fully saturated rings. The first-order valence-electron chi connectivity index (χ1n) is 13.0. The van der Waals surface area contributed by atoms with E-state index >= 15 is 0 Å². The first-order chi connectivity index (χ1) is 13.7. The van der Waals surface area contributed by atoms with E-state index in [9.17, 15) is 10.2 Å². The average molecular weight is 405 g/mol. The Labute approximate surface area is 180 Å². The molecular formula is C27H48O2. The molecule has 4 aliphatic carbocycles. The zero-order valence-electron chi connectivity index (χ0n) is 19.9. The molecule has 0 aromatic rings. The number of hydrogen-bond acceptors (Lipinski definition) is 2. The number of hydrogen-bond donors (Lipinski definition) is 2. The predicted octanol–water partition coefficient (Wildman–Crippen LogP) is 6.44. The first kappa shape index (κ1) is 22.1. The molecule has 0 aromatic carbocycles. The van der Waals surface area contributed by atoms with Crippen molar-refractivity contribution in [3.63, 3.8) is 0 Å². The normalized spacial score (nSPS) is 50.7. The quantitative estimate of drug-likeness (QED) is 0.553. The van der Waals surface area contributed by atoms with Crippen LogP contribution in [-0.4, -0.2) is 22.4 Å². The Morgan fingerprint density at radius 1 is 0.759 bits per heavy atom. The zero-order valence-corrected chi connectivity index (χ0v) is 19.9. The second-order valence-corrected chi connectivity index (χ2v) is 12.7. The maximum absolute atomic E-state index is 10.8. The fraction of sp³-hybridized carbons (Fsp3) is 1.00. The van der Waals surface area contributed by atoms with E-state index in [1.807, 2.05) is 0 Å². The third kappa shape index (κ3) is 3.63. The Morgan fingerprint density at radius 2 is 1.41 bits per heavy atom. The van der Waals surface area contributed by atoms with Gasteiger partial charge in [0.15, 0.2) is 0 Å². The summed E-state index contributed by atoms with van der Waals surface area (Å²) in [7, 11) is 0. The second-order valence-electron chi connectivity index (χ2n) is 12.7. The van der Waals surface area contributed by atoms with Crippen LogP contribution >= 0.6 is 0 Å². The Kier molecular flexibility index (Phi) is 6.19. The van der Waals surface area contributed by atoms with Crippen LogP contribution < -0.4 is 0 Å². The van der Waals surface area contributed by atoms with Gasteiger partial charge < -0.3 is 10.2 Å². The summed E-state index contributed by atoms with van der Waals surface area (Å²) in [6, 6.07) is 0. The highest BCUT2D eigenvalue weighted by molar-refractivity contribution is 5.11. The van der Waals surface area contributed by atoms with Gasteiger partial charge in [-0.05, 0) is 104 Å². The van der Waals surface area contributed by atoms with Crippen molar-refractivity contribution in [3.8, 4) is 0 Å².